The number of nitrogens with two attached hydrogens (primary N) is 1. The molecular formula is C26H22N6O5S. The molecule has 192 valence electrons. The van der Waals surface area contributed by atoms with Crippen LogP contribution in [0.25, 0.3) is 21.9 Å². The number of nitrogens with one attached hydrogen (secondary N) is 2. The topological polar surface area (TPSA) is 173 Å². The first kappa shape index (κ1) is 24.7. The van der Waals surface area contributed by atoms with E-state index in [1.807, 2.05) is 0 Å². The van der Waals surface area contributed by atoms with Gasteiger partial charge in [-0.2, -0.15) is 0 Å². The second kappa shape index (κ2) is 9.82. The van der Waals surface area contributed by atoms with Gasteiger partial charge in [-0.3, -0.25) is 19.9 Å². The van der Waals surface area contributed by atoms with E-state index in [0.717, 1.165) is 0 Å². The maximum absolute atomic E-state index is 13.2. The maximum Gasteiger partial charge on any atom is 0.323 e. The molecule has 2 aromatic heterocycles. The van der Waals surface area contributed by atoms with Crippen molar-refractivity contribution in [1.82, 2.24) is 14.5 Å². The average Bonchev–Trinajstić information content (AvgIpc) is 3.22. The number of sulfonamides is 1. The molecule has 0 amide bonds. The lowest BCUT2D eigenvalue weighted by molar-refractivity contribution is -0.137. The minimum absolute atomic E-state index is 0.0376. The lowest BCUT2D eigenvalue weighted by Gasteiger charge is -2.10. The normalized spacial score (nSPS) is 11.5. The Bertz CT molecular complexity index is 1790. The van der Waals surface area contributed by atoms with E-state index in [1.54, 1.807) is 60.7 Å². The predicted octanol–water partition coefficient (Wildman–Crippen LogP) is 3.33. The molecule has 0 spiro atoms. The molecule has 0 aliphatic rings. The van der Waals surface area contributed by atoms with E-state index in [-0.39, 0.29) is 29.6 Å². The van der Waals surface area contributed by atoms with Gasteiger partial charge in [-0.15, -0.1) is 0 Å². The number of imidazole rings is 1. The lowest BCUT2D eigenvalue weighted by Crippen LogP contribution is -2.14. The van der Waals surface area contributed by atoms with E-state index in [1.165, 1.54) is 22.9 Å². The molecule has 0 aliphatic heterocycles. The SMILES string of the molecule is N=C(N)c1ccc(OCc2nc3cc(NS(=O)(=O)c4cccc5cccnc45)ccc3n2CC(=O)O)cc1. The number of carbonyl (C=O) groups is 1. The molecule has 0 radical (unpaired) electrons. The van der Waals surface area contributed by atoms with Crippen molar-refractivity contribution in [3.63, 3.8) is 0 Å². The average molecular weight is 531 g/mol. The van der Waals surface area contributed by atoms with Crippen LogP contribution in [0.5, 0.6) is 5.75 Å². The summed E-state index contributed by atoms with van der Waals surface area (Å²) in [6.07, 6.45) is 1.53. The Morgan fingerprint density at radius 3 is 2.58 bits per heavy atom. The molecule has 5 rings (SSSR count). The van der Waals surface area contributed by atoms with Crippen molar-refractivity contribution >= 4 is 49.5 Å². The number of benzene rings is 3. The number of ether oxygens (including phenoxy) is 1. The molecule has 0 unspecified atom stereocenters. The molecule has 3 aromatic carbocycles. The van der Waals surface area contributed by atoms with Gasteiger partial charge in [0.05, 0.1) is 22.2 Å². The zero-order chi connectivity index (χ0) is 26.9. The number of carboxylic acid groups (broad SMARTS) is 1. The minimum Gasteiger partial charge on any atom is -0.486 e. The minimum atomic E-state index is -3.98. The maximum atomic E-state index is 13.2. The first-order valence-electron chi connectivity index (χ1n) is 11.4. The van der Waals surface area contributed by atoms with Crippen molar-refractivity contribution in [3.8, 4) is 5.75 Å². The summed E-state index contributed by atoms with van der Waals surface area (Å²) in [7, 11) is -3.98. The Balaban J connectivity index is 1.44. The van der Waals surface area contributed by atoms with Gasteiger partial charge in [0.25, 0.3) is 10.0 Å². The zero-order valence-electron chi connectivity index (χ0n) is 19.8. The van der Waals surface area contributed by atoms with Crippen molar-refractivity contribution in [1.29, 1.82) is 5.41 Å². The van der Waals surface area contributed by atoms with Crippen LogP contribution in [-0.2, 0) is 28.0 Å². The Labute approximate surface area is 217 Å². The fourth-order valence-corrected chi connectivity index (χ4v) is 5.28. The van der Waals surface area contributed by atoms with Gasteiger partial charge in [0.15, 0.2) is 0 Å². The highest BCUT2D eigenvalue weighted by Crippen LogP contribution is 2.26. The molecule has 0 saturated heterocycles. The van der Waals surface area contributed by atoms with Crippen LogP contribution < -0.4 is 15.2 Å². The summed E-state index contributed by atoms with van der Waals surface area (Å²) >= 11 is 0. The van der Waals surface area contributed by atoms with Gasteiger partial charge in [0.2, 0.25) is 0 Å². The molecular weight excluding hydrogens is 508 g/mol. The smallest absolute Gasteiger partial charge is 0.323 e. The highest BCUT2D eigenvalue weighted by atomic mass is 32.2. The molecule has 0 aliphatic carbocycles. The van der Waals surface area contributed by atoms with E-state index in [9.17, 15) is 18.3 Å². The molecule has 5 aromatic rings. The van der Waals surface area contributed by atoms with Gasteiger partial charge < -0.3 is 20.1 Å². The third kappa shape index (κ3) is 4.97. The van der Waals surface area contributed by atoms with Crippen LogP contribution in [0.15, 0.2) is 83.9 Å². The van der Waals surface area contributed by atoms with E-state index in [0.29, 0.717) is 39.1 Å². The molecule has 38 heavy (non-hydrogen) atoms. The molecule has 0 saturated carbocycles. The standard InChI is InChI=1S/C26H22N6O5S/c27-26(28)17-6-9-19(10-7-17)37-15-23-30-20-13-18(8-11-21(20)32(23)14-24(33)34)31-38(35,36)22-5-1-3-16-4-2-12-29-25(16)22/h1-13,31H,14-15H2,(H3,27,28)(H,33,34). The molecule has 0 atom stereocenters. The molecule has 12 heteroatoms. The number of nitrogen functional groups attached to an aromatic ring is 1. The summed E-state index contributed by atoms with van der Waals surface area (Å²) in [5.41, 5.74) is 7.54. The van der Waals surface area contributed by atoms with Crippen molar-refractivity contribution in [2.75, 3.05) is 4.72 Å². The number of aromatic nitrogens is 3. The first-order valence-corrected chi connectivity index (χ1v) is 12.8. The molecule has 0 fully saturated rings. The summed E-state index contributed by atoms with van der Waals surface area (Å²) in [5.74, 6) is -0.301. The number of hydrogen-bond donors (Lipinski definition) is 4. The van der Waals surface area contributed by atoms with Crippen LogP contribution in [0.2, 0.25) is 0 Å². The van der Waals surface area contributed by atoms with E-state index in [2.05, 4.69) is 14.7 Å². The van der Waals surface area contributed by atoms with Crippen LogP contribution >= 0.6 is 0 Å². The lowest BCUT2D eigenvalue weighted by atomic mass is 10.2. The van der Waals surface area contributed by atoms with Crippen LogP contribution in [0, 0.1) is 5.41 Å². The van der Waals surface area contributed by atoms with Gasteiger partial charge >= 0.3 is 5.97 Å². The summed E-state index contributed by atoms with van der Waals surface area (Å²) in [6.45, 7) is -0.394. The Morgan fingerprint density at radius 1 is 1.08 bits per heavy atom. The van der Waals surface area contributed by atoms with Crippen LogP contribution in [0.3, 0.4) is 0 Å². The molecule has 5 N–H and O–H groups in total. The van der Waals surface area contributed by atoms with Crippen LogP contribution in [0.4, 0.5) is 5.69 Å². The number of nitrogens with zero attached hydrogens (tertiary/aromatic N) is 3. The van der Waals surface area contributed by atoms with Crippen molar-refractivity contribution in [3.05, 3.63) is 90.4 Å². The van der Waals surface area contributed by atoms with E-state index >= 15 is 0 Å². The van der Waals surface area contributed by atoms with Crippen LogP contribution in [0.1, 0.15) is 11.4 Å². The Morgan fingerprint density at radius 2 is 1.84 bits per heavy atom. The Kier molecular flexibility index (Phi) is 6.39. The first-order chi connectivity index (χ1) is 18.2. The summed E-state index contributed by atoms with van der Waals surface area (Å²) in [5, 5.41) is 17.6. The fraction of sp³-hybridized carbons (Fsp3) is 0.0769. The van der Waals surface area contributed by atoms with Crippen LogP contribution in [-0.4, -0.2) is 39.9 Å². The third-order valence-corrected chi connectivity index (χ3v) is 7.20. The van der Waals surface area contributed by atoms with E-state index < -0.39 is 16.0 Å². The number of amidine groups is 1. The quantitative estimate of drug-likeness (QED) is 0.166. The highest BCUT2D eigenvalue weighted by Gasteiger charge is 2.20. The number of para-hydroxylation sites is 1. The van der Waals surface area contributed by atoms with E-state index in [4.69, 9.17) is 15.9 Å². The zero-order valence-corrected chi connectivity index (χ0v) is 20.6. The second-order valence-electron chi connectivity index (χ2n) is 8.37. The predicted molar refractivity (Wildman–Crippen MR) is 142 cm³/mol. The van der Waals surface area contributed by atoms with Gasteiger partial charge in [-0.1, -0.05) is 18.2 Å². The third-order valence-electron chi connectivity index (χ3n) is 5.79. The summed E-state index contributed by atoms with van der Waals surface area (Å²) < 4.78 is 36.2. The fourth-order valence-electron chi connectivity index (χ4n) is 4.05. The number of anilines is 1. The monoisotopic (exact) mass is 530 g/mol. The number of pyridine rings is 1. The van der Waals surface area contributed by atoms with Gasteiger partial charge in [0, 0.05) is 17.1 Å². The summed E-state index contributed by atoms with van der Waals surface area (Å²) in [4.78, 5) is 20.3. The van der Waals surface area contributed by atoms with Crippen molar-refractivity contribution in [2.45, 2.75) is 18.0 Å². The number of hydrogen-bond acceptors (Lipinski definition) is 7. The highest BCUT2D eigenvalue weighted by molar-refractivity contribution is 7.93. The number of fused-ring (bicyclic) bond motifs is 2. The number of aliphatic carboxylic acids is 1. The Hall–Kier alpha value is -4.97. The second-order valence-corrected chi connectivity index (χ2v) is 10.0. The number of carboxylic acids is 1. The number of rotatable bonds is 9. The van der Waals surface area contributed by atoms with Gasteiger partial charge in [-0.05, 0) is 54.6 Å². The molecule has 0 bridgehead atoms. The molecule has 11 nitrogen and oxygen atoms in total. The van der Waals surface area contributed by atoms with Crippen molar-refractivity contribution in [2.24, 2.45) is 5.73 Å². The summed E-state index contributed by atoms with van der Waals surface area (Å²) in [6, 6.07) is 19.7. The van der Waals surface area contributed by atoms with Gasteiger partial charge in [-0.25, -0.2) is 13.4 Å². The van der Waals surface area contributed by atoms with Crippen molar-refractivity contribution < 1.29 is 23.1 Å². The largest absolute Gasteiger partial charge is 0.486 e. The molecule has 2 heterocycles. The van der Waals surface area contributed by atoms with Gasteiger partial charge in [0.1, 0.15) is 35.5 Å².